The molecule has 152 valence electrons. The number of amides is 2. The summed E-state index contributed by atoms with van der Waals surface area (Å²) in [7, 11) is 0. The summed E-state index contributed by atoms with van der Waals surface area (Å²) >= 11 is 0. The first-order valence-corrected chi connectivity index (χ1v) is 9.47. The van der Waals surface area contributed by atoms with Crippen molar-refractivity contribution in [2.45, 2.75) is 19.4 Å². The van der Waals surface area contributed by atoms with Crippen LogP contribution in [-0.4, -0.2) is 18.4 Å². The molecule has 2 N–H and O–H groups in total. The maximum atomic E-state index is 12.1. The average molecular weight is 403 g/mol. The summed E-state index contributed by atoms with van der Waals surface area (Å²) in [6.45, 7) is 0.695. The van der Waals surface area contributed by atoms with E-state index in [1.807, 2.05) is 12.1 Å². The van der Waals surface area contributed by atoms with Crippen LogP contribution in [0.4, 0.5) is 5.69 Å². The fourth-order valence-corrected chi connectivity index (χ4v) is 2.73. The molecule has 2 amide bonds. The molecular weight excluding hydrogens is 382 g/mol. The molecule has 0 saturated carbocycles. The van der Waals surface area contributed by atoms with Gasteiger partial charge in [0.2, 0.25) is 5.91 Å². The molecule has 3 aromatic rings. The molecule has 0 aliphatic rings. The quantitative estimate of drug-likeness (QED) is 0.528. The third kappa shape index (κ3) is 6.24. The molecule has 0 bridgehead atoms. The van der Waals surface area contributed by atoms with Gasteiger partial charge in [0.05, 0.1) is 17.9 Å². The first-order chi connectivity index (χ1) is 14.6. The number of nitriles is 1. The number of furan rings is 1. The highest BCUT2D eigenvalue weighted by Crippen LogP contribution is 2.19. The summed E-state index contributed by atoms with van der Waals surface area (Å²) in [4.78, 5) is 23.9. The zero-order valence-electron chi connectivity index (χ0n) is 16.3. The zero-order chi connectivity index (χ0) is 21.2. The Morgan fingerprint density at radius 1 is 1.07 bits per heavy atom. The number of rotatable bonds is 9. The topological polar surface area (TPSA) is 104 Å². The summed E-state index contributed by atoms with van der Waals surface area (Å²) in [6.07, 6.45) is 2.21. The van der Waals surface area contributed by atoms with Crippen molar-refractivity contribution in [3.63, 3.8) is 0 Å². The van der Waals surface area contributed by atoms with Crippen LogP contribution >= 0.6 is 0 Å². The van der Waals surface area contributed by atoms with Gasteiger partial charge in [0, 0.05) is 24.7 Å². The lowest BCUT2D eigenvalue weighted by Gasteiger charge is -2.10. The summed E-state index contributed by atoms with van der Waals surface area (Å²) in [5, 5.41) is 14.5. The van der Waals surface area contributed by atoms with E-state index in [2.05, 4.69) is 16.7 Å². The Balaban J connectivity index is 1.42. The number of nitrogens with one attached hydrogen (secondary N) is 2. The van der Waals surface area contributed by atoms with Crippen LogP contribution in [0.25, 0.3) is 0 Å². The summed E-state index contributed by atoms with van der Waals surface area (Å²) in [6, 6.07) is 19.6. The Morgan fingerprint density at radius 3 is 2.73 bits per heavy atom. The van der Waals surface area contributed by atoms with E-state index in [4.69, 9.17) is 14.4 Å². The van der Waals surface area contributed by atoms with Gasteiger partial charge in [0.25, 0.3) is 5.91 Å². The molecule has 0 spiro atoms. The normalized spacial score (nSPS) is 10.1. The fourth-order valence-electron chi connectivity index (χ4n) is 2.73. The molecule has 30 heavy (non-hydrogen) atoms. The van der Waals surface area contributed by atoms with E-state index in [9.17, 15) is 9.59 Å². The third-order valence-electron chi connectivity index (χ3n) is 4.19. The van der Waals surface area contributed by atoms with Gasteiger partial charge in [-0.1, -0.05) is 18.2 Å². The lowest BCUT2D eigenvalue weighted by molar-refractivity contribution is -0.116. The Morgan fingerprint density at radius 2 is 1.93 bits per heavy atom. The second kappa shape index (κ2) is 10.5. The largest absolute Gasteiger partial charge is 0.489 e. The smallest absolute Gasteiger partial charge is 0.286 e. The maximum Gasteiger partial charge on any atom is 0.286 e. The molecule has 7 heteroatoms. The Labute approximate surface area is 174 Å². The second-order valence-corrected chi connectivity index (χ2v) is 6.51. The van der Waals surface area contributed by atoms with Crippen LogP contribution in [0.3, 0.4) is 0 Å². The molecule has 0 radical (unpaired) electrons. The van der Waals surface area contributed by atoms with Gasteiger partial charge in [-0.2, -0.15) is 5.26 Å². The van der Waals surface area contributed by atoms with Gasteiger partial charge < -0.3 is 19.8 Å². The monoisotopic (exact) mass is 403 g/mol. The van der Waals surface area contributed by atoms with Gasteiger partial charge in [-0.15, -0.1) is 0 Å². The summed E-state index contributed by atoms with van der Waals surface area (Å²) in [5.74, 6) is 0.406. The predicted octanol–water partition coefficient (Wildman–Crippen LogP) is 3.88. The number of nitrogens with zero attached hydrogens (tertiary/aromatic N) is 1. The lowest BCUT2D eigenvalue weighted by Crippen LogP contribution is -2.25. The van der Waals surface area contributed by atoms with Crippen molar-refractivity contribution in [3.8, 4) is 11.8 Å². The Kier molecular flexibility index (Phi) is 7.23. The van der Waals surface area contributed by atoms with Crippen molar-refractivity contribution in [2.24, 2.45) is 0 Å². The minimum absolute atomic E-state index is 0.152. The highest BCUT2D eigenvalue weighted by Gasteiger charge is 2.08. The molecule has 7 nitrogen and oxygen atoms in total. The van der Waals surface area contributed by atoms with Crippen LogP contribution in [0.15, 0.2) is 71.3 Å². The van der Waals surface area contributed by atoms with Crippen molar-refractivity contribution in [1.82, 2.24) is 5.32 Å². The van der Waals surface area contributed by atoms with Gasteiger partial charge in [-0.3, -0.25) is 9.59 Å². The Hall–Kier alpha value is -4.05. The summed E-state index contributed by atoms with van der Waals surface area (Å²) < 4.78 is 10.8. The number of anilines is 1. The van der Waals surface area contributed by atoms with Crippen LogP contribution in [0.5, 0.6) is 5.75 Å². The van der Waals surface area contributed by atoms with E-state index in [1.54, 1.807) is 48.5 Å². The van der Waals surface area contributed by atoms with E-state index >= 15 is 0 Å². The standard InChI is InChI=1S/C23H21N3O4/c24-15-17-5-1-6-18(13-17)16-30-20-8-2-7-19(14-20)26-22(27)10-3-11-25-23(28)21-9-4-12-29-21/h1-2,4-9,12-14H,3,10-11,16H2,(H,25,28)(H,26,27). The molecule has 0 atom stereocenters. The average Bonchev–Trinajstić information content (AvgIpc) is 3.31. The van der Waals surface area contributed by atoms with Crippen molar-refractivity contribution in [1.29, 1.82) is 5.26 Å². The van der Waals surface area contributed by atoms with E-state index in [-0.39, 0.29) is 24.0 Å². The van der Waals surface area contributed by atoms with Crippen molar-refractivity contribution < 1.29 is 18.7 Å². The first-order valence-electron chi connectivity index (χ1n) is 9.47. The van der Waals surface area contributed by atoms with Crippen LogP contribution in [0.1, 0.15) is 34.5 Å². The number of hydrogen-bond donors (Lipinski definition) is 2. The number of carbonyl (C=O) groups excluding carboxylic acids is 2. The number of ether oxygens (including phenoxy) is 1. The zero-order valence-corrected chi connectivity index (χ0v) is 16.3. The fraction of sp³-hybridized carbons (Fsp3) is 0.174. The van der Waals surface area contributed by atoms with Gasteiger partial charge in [-0.05, 0) is 48.4 Å². The number of carbonyl (C=O) groups is 2. The van der Waals surface area contributed by atoms with Gasteiger partial charge >= 0.3 is 0 Å². The van der Waals surface area contributed by atoms with E-state index in [1.165, 1.54) is 6.26 Å². The first kappa shape index (κ1) is 20.7. The van der Waals surface area contributed by atoms with Crippen molar-refractivity contribution in [2.75, 3.05) is 11.9 Å². The summed E-state index contributed by atoms with van der Waals surface area (Å²) in [5.41, 5.74) is 2.10. The molecule has 0 aliphatic carbocycles. The molecule has 1 heterocycles. The highest BCUT2D eigenvalue weighted by molar-refractivity contribution is 5.92. The molecular formula is C23H21N3O4. The molecule has 0 aliphatic heterocycles. The number of hydrogen-bond acceptors (Lipinski definition) is 5. The van der Waals surface area contributed by atoms with E-state index in [0.717, 1.165) is 5.56 Å². The Bertz CT molecular complexity index is 1040. The lowest BCUT2D eigenvalue weighted by atomic mass is 10.1. The molecule has 3 rings (SSSR count). The minimum atomic E-state index is -0.300. The molecule has 2 aromatic carbocycles. The molecule has 1 aromatic heterocycles. The minimum Gasteiger partial charge on any atom is -0.489 e. The maximum absolute atomic E-state index is 12.1. The van der Waals surface area contributed by atoms with E-state index < -0.39 is 0 Å². The molecule has 0 saturated heterocycles. The predicted molar refractivity (Wildman–Crippen MR) is 111 cm³/mol. The molecule has 0 unspecified atom stereocenters. The number of benzene rings is 2. The van der Waals surface area contributed by atoms with Gasteiger partial charge in [0.15, 0.2) is 5.76 Å². The van der Waals surface area contributed by atoms with Gasteiger partial charge in [-0.25, -0.2) is 0 Å². The van der Waals surface area contributed by atoms with Gasteiger partial charge in [0.1, 0.15) is 12.4 Å². The SMILES string of the molecule is N#Cc1cccc(COc2cccc(NC(=O)CCCNC(=O)c3ccco3)c2)c1. The third-order valence-corrected chi connectivity index (χ3v) is 4.19. The van der Waals surface area contributed by atoms with Crippen LogP contribution in [-0.2, 0) is 11.4 Å². The van der Waals surface area contributed by atoms with E-state index in [0.29, 0.717) is 36.6 Å². The second-order valence-electron chi connectivity index (χ2n) is 6.51. The van der Waals surface area contributed by atoms with Crippen molar-refractivity contribution in [3.05, 3.63) is 83.8 Å². The highest BCUT2D eigenvalue weighted by atomic mass is 16.5. The van der Waals surface area contributed by atoms with Crippen LogP contribution < -0.4 is 15.4 Å². The van der Waals surface area contributed by atoms with Crippen LogP contribution in [0.2, 0.25) is 0 Å². The molecule has 0 fully saturated rings. The van der Waals surface area contributed by atoms with Crippen LogP contribution in [0, 0.1) is 11.3 Å². The van der Waals surface area contributed by atoms with Crippen molar-refractivity contribution >= 4 is 17.5 Å².